The number of rotatable bonds is 6. The molecule has 0 bridgehead atoms. The maximum atomic E-state index is 11.3. The van der Waals surface area contributed by atoms with E-state index >= 15 is 0 Å². The molecule has 30 heavy (non-hydrogen) atoms. The summed E-state index contributed by atoms with van der Waals surface area (Å²) in [6.45, 7) is 8.12. The number of ether oxygens (including phenoxy) is 1. The van der Waals surface area contributed by atoms with Crippen LogP contribution in [-0.4, -0.2) is 60.0 Å². The van der Waals surface area contributed by atoms with E-state index in [0.29, 0.717) is 24.9 Å². The zero-order valence-corrected chi connectivity index (χ0v) is 20.1. The van der Waals surface area contributed by atoms with Crippen LogP contribution >= 0.6 is 22.9 Å². The lowest BCUT2D eigenvalue weighted by Gasteiger charge is -2.46. The van der Waals surface area contributed by atoms with Gasteiger partial charge in [-0.3, -0.25) is 9.58 Å². The molecule has 4 rings (SSSR count). The predicted molar refractivity (Wildman–Crippen MR) is 119 cm³/mol. The third-order valence-electron chi connectivity index (χ3n) is 6.21. The number of hydrogen-bond acceptors (Lipinski definition) is 7. The topological polar surface area (TPSA) is 77.3 Å². The molecule has 0 saturated carbocycles. The van der Waals surface area contributed by atoms with Gasteiger partial charge in [-0.15, -0.1) is 16.4 Å². The van der Waals surface area contributed by atoms with Crippen molar-refractivity contribution in [3.05, 3.63) is 32.7 Å². The van der Waals surface area contributed by atoms with E-state index in [1.165, 1.54) is 16.7 Å². The first-order valence-electron chi connectivity index (χ1n) is 10.4. The number of fused-ring (bicyclic) bond motifs is 2. The van der Waals surface area contributed by atoms with Crippen molar-refractivity contribution >= 4 is 32.8 Å². The van der Waals surface area contributed by atoms with Gasteiger partial charge >= 0.3 is 0 Å². The highest BCUT2D eigenvalue weighted by molar-refractivity contribution is 7.90. The van der Waals surface area contributed by atoms with E-state index in [1.807, 2.05) is 6.20 Å². The Kier molecular flexibility index (Phi) is 6.29. The van der Waals surface area contributed by atoms with Crippen molar-refractivity contribution in [3.63, 3.8) is 0 Å². The van der Waals surface area contributed by atoms with E-state index < -0.39 is 9.84 Å². The number of sulfone groups is 1. The Bertz CT molecular complexity index is 994. The van der Waals surface area contributed by atoms with E-state index in [9.17, 15) is 8.42 Å². The Morgan fingerprint density at radius 2 is 2.10 bits per heavy atom. The van der Waals surface area contributed by atoms with Crippen LogP contribution in [0.3, 0.4) is 0 Å². The summed E-state index contributed by atoms with van der Waals surface area (Å²) < 4.78 is 31.6. The van der Waals surface area contributed by atoms with Crippen molar-refractivity contribution in [2.24, 2.45) is 5.92 Å². The summed E-state index contributed by atoms with van der Waals surface area (Å²) in [7, 11) is -3.01. The molecule has 0 amide bonds. The Balaban J connectivity index is 1.39. The monoisotopic (exact) mass is 472 g/mol. The fraction of sp³-hybridized carbons (Fsp3) is 0.700. The standard InChI is InChI=1S/C20H29ClN4O3S2/c1-14(2)17-13-28-20(19-16(17)10-18(21)29-19)4-6-24(7-5-20)11-15-12-25(23-22-15)8-9-30(3,26)27/h10,12,14,17H,4-9,11,13H2,1-3H3. The third-order valence-corrected chi connectivity index (χ3v) is 8.60. The molecule has 2 aliphatic rings. The molecular formula is C20H29ClN4O3S2. The van der Waals surface area contributed by atoms with Crippen molar-refractivity contribution in [3.8, 4) is 0 Å². The Morgan fingerprint density at radius 3 is 2.77 bits per heavy atom. The maximum absolute atomic E-state index is 11.3. The fourth-order valence-corrected chi connectivity index (χ4v) is 6.44. The van der Waals surface area contributed by atoms with Gasteiger partial charge in [0.25, 0.3) is 0 Å². The minimum atomic E-state index is -3.01. The third kappa shape index (κ3) is 4.75. The smallest absolute Gasteiger partial charge is 0.149 e. The van der Waals surface area contributed by atoms with Gasteiger partial charge in [0.2, 0.25) is 0 Å². The predicted octanol–water partition coefficient (Wildman–Crippen LogP) is 3.30. The minimum absolute atomic E-state index is 0.0719. The summed E-state index contributed by atoms with van der Waals surface area (Å²) in [5.74, 6) is 1.01. The molecule has 2 aromatic heterocycles. The van der Waals surface area contributed by atoms with Gasteiger partial charge < -0.3 is 4.74 Å². The van der Waals surface area contributed by atoms with Crippen molar-refractivity contribution in [1.29, 1.82) is 0 Å². The summed E-state index contributed by atoms with van der Waals surface area (Å²) in [5.41, 5.74) is 2.03. The molecule has 2 aromatic rings. The highest BCUT2D eigenvalue weighted by Gasteiger charge is 2.45. The fourth-order valence-electron chi connectivity index (χ4n) is 4.41. The van der Waals surface area contributed by atoms with Crippen LogP contribution in [0.4, 0.5) is 0 Å². The number of nitrogens with zero attached hydrogens (tertiary/aromatic N) is 4. The van der Waals surface area contributed by atoms with Crippen LogP contribution < -0.4 is 0 Å². The first-order valence-corrected chi connectivity index (χ1v) is 13.6. The molecule has 1 unspecified atom stereocenters. The summed E-state index contributed by atoms with van der Waals surface area (Å²) in [6, 6.07) is 2.15. The molecule has 0 radical (unpaired) electrons. The van der Waals surface area contributed by atoms with Crippen LogP contribution in [0.5, 0.6) is 0 Å². The van der Waals surface area contributed by atoms with Gasteiger partial charge in [0, 0.05) is 42.9 Å². The van der Waals surface area contributed by atoms with Gasteiger partial charge in [-0.2, -0.15) is 0 Å². The first-order chi connectivity index (χ1) is 14.2. The molecule has 1 atom stereocenters. The molecule has 0 aliphatic carbocycles. The highest BCUT2D eigenvalue weighted by Crippen LogP contribution is 2.51. The molecule has 166 valence electrons. The number of piperidine rings is 1. The second kappa shape index (κ2) is 8.50. The lowest BCUT2D eigenvalue weighted by atomic mass is 9.79. The van der Waals surface area contributed by atoms with Gasteiger partial charge in [0.05, 0.1) is 28.9 Å². The van der Waals surface area contributed by atoms with Crippen molar-refractivity contribution in [2.75, 3.05) is 31.7 Å². The van der Waals surface area contributed by atoms with Gasteiger partial charge in [0.15, 0.2) is 0 Å². The van der Waals surface area contributed by atoms with E-state index in [4.69, 9.17) is 16.3 Å². The van der Waals surface area contributed by atoms with Crippen LogP contribution in [0.15, 0.2) is 12.3 Å². The Hall–Kier alpha value is -1.00. The number of hydrogen-bond donors (Lipinski definition) is 0. The lowest BCUT2D eigenvalue weighted by molar-refractivity contribution is -0.107. The second-order valence-electron chi connectivity index (χ2n) is 8.87. The normalized spacial score (nSPS) is 22.0. The van der Waals surface area contributed by atoms with E-state index in [0.717, 1.165) is 42.6 Å². The molecule has 2 aliphatic heterocycles. The molecule has 0 aromatic carbocycles. The zero-order valence-electron chi connectivity index (χ0n) is 17.7. The number of thiophene rings is 1. The molecule has 0 N–H and O–H groups in total. The Labute approximate surface area is 187 Å². The van der Waals surface area contributed by atoms with Crippen molar-refractivity contribution in [1.82, 2.24) is 19.9 Å². The SMILES string of the molecule is CC(C)C1COC2(CCN(Cc3cn(CCS(C)(=O)=O)nn3)CC2)c2sc(Cl)cc21. The number of aryl methyl sites for hydroxylation is 1. The van der Waals surface area contributed by atoms with E-state index in [1.54, 1.807) is 16.0 Å². The van der Waals surface area contributed by atoms with Crippen LogP contribution in [0, 0.1) is 5.92 Å². The molecule has 1 saturated heterocycles. The summed E-state index contributed by atoms with van der Waals surface area (Å²) in [4.78, 5) is 3.69. The number of aromatic nitrogens is 3. The largest absolute Gasteiger partial charge is 0.369 e. The molecule has 7 nitrogen and oxygen atoms in total. The second-order valence-corrected chi connectivity index (χ2v) is 12.8. The van der Waals surface area contributed by atoms with Gasteiger partial charge in [-0.25, -0.2) is 8.42 Å². The summed E-state index contributed by atoms with van der Waals surface area (Å²) >= 11 is 8.09. The minimum Gasteiger partial charge on any atom is -0.369 e. The van der Waals surface area contributed by atoms with Crippen molar-refractivity contribution < 1.29 is 13.2 Å². The van der Waals surface area contributed by atoms with Crippen LogP contribution in [-0.2, 0) is 33.3 Å². The maximum Gasteiger partial charge on any atom is 0.149 e. The highest BCUT2D eigenvalue weighted by atomic mass is 35.5. The molecule has 4 heterocycles. The number of likely N-dealkylation sites (tertiary alicyclic amines) is 1. The van der Waals surface area contributed by atoms with Crippen LogP contribution in [0.2, 0.25) is 4.34 Å². The van der Waals surface area contributed by atoms with Gasteiger partial charge in [-0.05, 0) is 30.4 Å². The van der Waals surface area contributed by atoms with Crippen LogP contribution in [0.1, 0.15) is 48.7 Å². The van der Waals surface area contributed by atoms with E-state index in [-0.39, 0.29) is 11.4 Å². The first kappa shape index (κ1) is 22.2. The molecular weight excluding hydrogens is 444 g/mol. The average molecular weight is 473 g/mol. The number of halogens is 1. The van der Waals surface area contributed by atoms with Crippen molar-refractivity contribution in [2.45, 2.75) is 51.3 Å². The molecule has 1 spiro atoms. The quantitative estimate of drug-likeness (QED) is 0.642. The summed E-state index contributed by atoms with van der Waals surface area (Å²) in [5, 5.41) is 8.28. The van der Waals surface area contributed by atoms with Crippen LogP contribution in [0.25, 0.3) is 0 Å². The average Bonchev–Trinajstić information content (AvgIpc) is 3.28. The Morgan fingerprint density at radius 1 is 1.37 bits per heavy atom. The molecule has 1 fully saturated rings. The molecule has 10 heteroatoms. The van der Waals surface area contributed by atoms with Gasteiger partial charge in [-0.1, -0.05) is 30.7 Å². The van der Waals surface area contributed by atoms with E-state index in [2.05, 4.69) is 35.1 Å². The lowest BCUT2D eigenvalue weighted by Crippen LogP contribution is -2.46. The zero-order chi connectivity index (χ0) is 21.5. The van der Waals surface area contributed by atoms with Gasteiger partial charge in [0.1, 0.15) is 15.4 Å². The summed E-state index contributed by atoms with van der Waals surface area (Å²) in [6.07, 6.45) is 4.95.